The number of halogens is 1. The Morgan fingerprint density at radius 1 is 1.00 bits per heavy atom. The number of Topliss-reactive ketones (excluding diaryl/α,β-unsaturated/α-hetero) is 1. The fourth-order valence-electron chi connectivity index (χ4n) is 1.71. The van der Waals surface area contributed by atoms with Crippen molar-refractivity contribution in [2.45, 2.75) is 0 Å². The van der Waals surface area contributed by atoms with Crippen molar-refractivity contribution in [3.8, 4) is 11.1 Å². The van der Waals surface area contributed by atoms with E-state index in [-0.39, 0.29) is 0 Å². The van der Waals surface area contributed by atoms with E-state index in [0.717, 1.165) is 11.1 Å². The maximum atomic E-state index is 11.6. The van der Waals surface area contributed by atoms with Gasteiger partial charge in [0.05, 0.1) is 7.11 Å². The number of hydrogen-bond donors (Lipinski definition) is 0. The summed E-state index contributed by atoms with van der Waals surface area (Å²) < 4.78 is 4.39. The van der Waals surface area contributed by atoms with Crippen LogP contribution in [-0.2, 0) is 9.53 Å². The topological polar surface area (TPSA) is 43.4 Å². The zero-order chi connectivity index (χ0) is 13.8. The Balaban J connectivity index is 2.32. The number of ketones is 1. The molecule has 2 rings (SSSR count). The lowest BCUT2D eigenvalue weighted by atomic mass is 10.0. The SMILES string of the molecule is COC(=O)C(=O)c1ccc(-c2ccccc2Cl)cc1. The molecule has 0 saturated carbocycles. The highest BCUT2D eigenvalue weighted by atomic mass is 35.5. The quantitative estimate of drug-likeness (QED) is 0.490. The molecule has 3 nitrogen and oxygen atoms in total. The van der Waals surface area contributed by atoms with Crippen LogP contribution in [0.5, 0.6) is 0 Å². The molecule has 4 heteroatoms. The van der Waals surface area contributed by atoms with Gasteiger partial charge >= 0.3 is 5.97 Å². The fourth-order valence-corrected chi connectivity index (χ4v) is 1.95. The van der Waals surface area contributed by atoms with Crippen LogP contribution in [0.1, 0.15) is 10.4 Å². The van der Waals surface area contributed by atoms with Crippen LogP contribution >= 0.6 is 11.6 Å². The van der Waals surface area contributed by atoms with Gasteiger partial charge in [-0.25, -0.2) is 4.79 Å². The van der Waals surface area contributed by atoms with Gasteiger partial charge in [0.1, 0.15) is 0 Å². The summed E-state index contributed by atoms with van der Waals surface area (Å²) in [4.78, 5) is 22.7. The monoisotopic (exact) mass is 274 g/mol. The van der Waals surface area contributed by atoms with Crippen molar-refractivity contribution in [3.05, 3.63) is 59.1 Å². The van der Waals surface area contributed by atoms with E-state index >= 15 is 0 Å². The zero-order valence-corrected chi connectivity index (χ0v) is 11.0. The molecule has 0 saturated heterocycles. The van der Waals surface area contributed by atoms with Gasteiger partial charge in [-0.05, 0) is 11.6 Å². The number of esters is 1. The van der Waals surface area contributed by atoms with Crippen molar-refractivity contribution in [2.75, 3.05) is 7.11 Å². The van der Waals surface area contributed by atoms with Gasteiger partial charge in [-0.1, -0.05) is 54.1 Å². The molecule has 2 aromatic rings. The molecular formula is C15H11ClO3. The van der Waals surface area contributed by atoms with E-state index in [9.17, 15) is 9.59 Å². The molecule has 0 aliphatic heterocycles. The smallest absolute Gasteiger partial charge is 0.379 e. The van der Waals surface area contributed by atoms with E-state index in [1.165, 1.54) is 7.11 Å². The minimum absolute atomic E-state index is 0.294. The molecular weight excluding hydrogens is 264 g/mol. The van der Waals surface area contributed by atoms with Crippen LogP contribution in [-0.4, -0.2) is 18.9 Å². The summed E-state index contributed by atoms with van der Waals surface area (Å²) in [6.45, 7) is 0. The van der Waals surface area contributed by atoms with Gasteiger partial charge in [0.2, 0.25) is 0 Å². The Labute approximate surface area is 115 Å². The van der Waals surface area contributed by atoms with Gasteiger partial charge in [0, 0.05) is 16.1 Å². The fraction of sp³-hybridized carbons (Fsp3) is 0.0667. The van der Waals surface area contributed by atoms with Gasteiger partial charge in [-0.2, -0.15) is 0 Å². The van der Waals surface area contributed by atoms with E-state index in [4.69, 9.17) is 11.6 Å². The number of hydrogen-bond acceptors (Lipinski definition) is 3. The number of rotatable bonds is 3. The summed E-state index contributed by atoms with van der Waals surface area (Å²) in [6, 6.07) is 14.1. The minimum Gasteiger partial charge on any atom is -0.463 e. The molecule has 0 aliphatic carbocycles. The van der Waals surface area contributed by atoms with Gasteiger partial charge in [0.15, 0.2) is 0 Å². The predicted octanol–water partition coefficient (Wildman–Crippen LogP) is 3.36. The second kappa shape index (κ2) is 5.67. The largest absolute Gasteiger partial charge is 0.463 e. The number of carbonyl (C=O) groups excluding carboxylic acids is 2. The van der Waals surface area contributed by atoms with Gasteiger partial charge in [0.25, 0.3) is 5.78 Å². The first-order valence-electron chi connectivity index (χ1n) is 5.61. The molecule has 0 N–H and O–H groups in total. The summed E-state index contributed by atoms with van der Waals surface area (Å²) in [5.41, 5.74) is 2.05. The first-order chi connectivity index (χ1) is 9.13. The number of ether oxygens (including phenoxy) is 1. The van der Waals surface area contributed by atoms with Crippen molar-refractivity contribution in [1.29, 1.82) is 0 Å². The van der Waals surface area contributed by atoms with Crippen molar-refractivity contribution in [1.82, 2.24) is 0 Å². The molecule has 2 aromatic carbocycles. The van der Waals surface area contributed by atoms with E-state index in [1.807, 2.05) is 18.2 Å². The molecule has 0 amide bonds. The highest BCUT2D eigenvalue weighted by Crippen LogP contribution is 2.27. The summed E-state index contributed by atoms with van der Waals surface area (Å²) in [5, 5.41) is 0.634. The third-order valence-electron chi connectivity index (χ3n) is 2.70. The first kappa shape index (κ1) is 13.3. The van der Waals surface area contributed by atoms with Crippen LogP contribution in [0.3, 0.4) is 0 Å². The standard InChI is InChI=1S/C15H11ClO3/c1-19-15(18)14(17)11-8-6-10(7-9-11)12-4-2-3-5-13(12)16/h2-9H,1H3. The number of benzene rings is 2. The van der Waals surface area contributed by atoms with Crippen LogP contribution in [0.4, 0.5) is 0 Å². The maximum absolute atomic E-state index is 11.6. The lowest BCUT2D eigenvalue weighted by Crippen LogP contribution is -2.15. The first-order valence-corrected chi connectivity index (χ1v) is 5.99. The maximum Gasteiger partial charge on any atom is 0.379 e. The Hall–Kier alpha value is -2.13. The van der Waals surface area contributed by atoms with Crippen molar-refractivity contribution in [2.24, 2.45) is 0 Å². The molecule has 0 heterocycles. The number of carbonyl (C=O) groups is 2. The lowest BCUT2D eigenvalue weighted by Gasteiger charge is -2.05. The Bertz CT molecular complexity index is 618. The second-order valence-electron chi connectivity index (χ2n) is 3.88. The molecule has 0 aliphatic rings. The molecule has 96 valence electrons. The summed E-state index contributed by atoms with van der Waals surface area (Å²) >= 11 is 6.09. The van der Waals surface area contributed by atoms with Crippen LogP contribution < -0.4 is 0 Å². The third kappa shape index (κ3) is 2.83. The molecule has 0 radical (unpaired) electrons. The Kier molecular flexibility index (Phi) is 3.97. The molecule has 0 aromatic heterocycles. The van der Waals surface area contributed by atoms with Crippen LogP contribution in [0.15, 0.2) is 48.5 Å². The predicted molar refractivity (Wildman–Crippen MR) is 73.2 cm³/mol. The minimum atomic E-state index is -0.870. The second-order valence-corrected chi connectivity index (χ2v) is 4.29. The summed E-state index contributed by atoms with van der Waals surface area (Å²) in [5.74, 6) is -1.53. The average Bonchev–Trinajstić information content (AvgIpc) is 2.46. The molecule has 0 atom stereocenters. The van der Waals surface area contributed by atoms with Crippen molar-refractivity contribution < 1.29 is 14.3 Å². The summed E-state index contributed by atoms with van der Waals surface area (Å²) in [7, 11) is 1.18. The van der Waals surface area contributed by atoms with Crippen molar-refractivity contribution in [3.63, 3.8) is 0 Å². The van der Waals surface area contributed by atoms with E-state index < -0.39 is 11.8 Å². The van der Waals surface area contributed by atoms with Crippen LogP contribution in [0, 0.1) is 0 Å². The van der Waals surface area contributed by atoms with Crippen LogP contribution in [0.25, 0.3) is 11.1 Å². The highest BCUT2D eigenvalue weighted by Gasteiger charge is 2.16. The average molecular weight is 275 g/mol. The Morgan fingerprint density at radius 3 is 2.21 bits per heavy atom. The lowest BCUT2D eigenvalue weighted by molar-refractivity contribution is -0.135. The molecule has 19 heavy (non-hydrogen) atoms. The van der Waals surface area contributed by atoms with E-state index in [0.29, 0.717) is 10.6 Å². The molecule has 0 fully saturated rings. The Morgan fingerprint density at radius 2 is 1.63 bits per heavy atom. The highest BCUT2D eigenvalue weighted by molar-refractivity contribution is 6.40. The van der Waals surface area contributed by atoms with E-state index in [1.54, 1.807) is 30.3 Å². The van der Waals surface area contributed by atoms with Gasteiger partial charge in [-0.3, -0.25) is 4.79 Å². The van der Waals surface area contributed by atoms with Crippen LogP contribution in [0.2, 0.25) is 5.02 Å². The normalized spacial score (nSPS) is 10.0. The zero-order valence-electron chi connectivity index (χ0n) is 10.2. The van der Waals surface area contributed by atoms with Gasteiger partial charge < -0.3 is 4.74 Å². The number of methoxy groups -OCH3 is 1. The summed E-state index contributed by atoms with van der Waals surface area (Å²) in [6.07, 6.45) is 0. The van der Waals surface area contributed by atoms with Crippen molar-refractivity contribution >= 4 is 23.4 Å². The molecule has 0 spiro atoms. The third-order valence-corrected chi connectivity index (χ3v) is 3.03. The molecule has 0 bridgehead atoms. The van der Waals surface area contributed by atoms with Gasteiger partial charge in [-0.15, -0.1) is 0 Å². The van der Waals surface area contributed by atoms with E-state index in [2.05, 4.69) is 4.74 Å². The molecule has 0 unspecified atom stereocenters.